The smallest absolute Gasteiger partial charge is 0.411 e. The van der Waals surface area contributed by atoms with Crippen LogP contribution in [0.2, 0.25) is 15.3 Å². The molecule has 0 saturated heterocycles. The molecule has 3 aromatic heterocycles. The normalized spacial score (nSPS) is 14.2. The van der Waals surface area contributed by atoms with Gasteiger partial charge >= 0.3 is 6.09 Å². The van der Waals surface area contributed by atoms with Crippen molar-refractivity contribution in [2.24, 2.45) is 0 Å². The molecule has 6 rings (SSSR count). The van der Waals surface area contributed by atoms with E-state index in [2.05, 4.69) is 25.3 Å². The lowest BCUT2D eigenvalue weighted by Gasteiger charge is -2.14. The predicted molar refractivity (Wildman–Crippen MR) is 150 cm³/mol. The summed E-state index contributed by atoms with van der Waals surface area (Å²) in [6.07, 6.45) is 2.16. The van der Waals surface area contributed by atoms with Crippen LogP contribution < -0.4 is 10.9 Å². The molecule has 2 N–H and O–H groups in total. The number of ether oxygens (including phenoxy) is 1. The molecule has 1 atom stereocenters. The Kier molecular flexibility index (Phi) is 6.78. The zero-order chi connectivity index (χ0) is 28.0. The van der Waals surface area contributed by atoms with Crippen LogP contribution >= 0.6 is 34.8 Å². The number of aromatic amines is 1. The number of hydrogen-bond donors (Lipinski definition) is 2. The minimum absolute atomic E-state index is 0.232. The molecule has 1 aliphatic heterocycles. The van der Waals surface area contributed by atoms with E-state index < -0.39 is 6.09 Å². The largest absolute Gasteiger partial charge is 0.453 e. The van der Waals surface area contributed by atoms with Crippen LogP contribution in [0.25, 0.3) is 28.2 Å². The third kappa shape index (κ3) is 4.83. The highest BCUT2D eigenvalue weighted by molar-refractivity contribution is 6.32. The minimum atomic E-state index is -0.565. The summed E-state index contributed by atoms with van der Waals surface area (Å²) < 4.78 is 7.75. The summed E-state index contributed by atoms with van der Waals surface area (Å²) in [4.78, 5) is 37.6. The number of amides is 1. The number of nitrogens with one attached hydrogen (secondary N) is 2. The van der Waals surface area contributed by atoms with Gasteiger partial charge in [0.25, 0.3) is 5.56 Å². The summed E-state index contributed by atoms with van der Waals surface area (Å²) in [7, 11) is 1.29. The van der Waals surface area contributed by atoms with E-state index >= 15 is 0 Å². The Bertz CT molecular complexity index is 1810. The first kappa shape index (κ1) is 26.1. The van der Waals surface area contributed by atoms with Crippen LogP contribution in [0.3, 0.4) is 0 Å². The Morgan fingerprint density at radius 3 is 2.62 bits per heavy atom. The predicted octanol–water partition coefficient (Wildman–Crippen LogP) is 5.56. The molecular formula is C26H19Cl3N8O3. The molecule has 1 aliphatic rings. The minimum Gasteiger partial charge on any atom is -0.453 e. The van der Waals surface area contributed by atoms with Crippen LogP contribution in [0.5, 0.6) is 0 Å². The lowest BCUT2D eigenvalue weighted by Crippen LogP contribution is -2.25. The van der Waals surface area contributed by atoms with Crippen LogP contribution in [-0.4, -0.2) is 47.7 Å². The second-order valence-electron chi connectivity index (χ2n) is 8.95. The van der Waals surface area contributed by atoms with E-state index in [0.717, 1.165) is 5.56 Å². The Hall–Kier alpha value is -4.19. The number of anilines is 1. The molecule has 0 aliphatic carbocycles. The van der Waals surface area contributed by atoms with Crippen molar-refractivity contribution >= 4 is 46.6 Å². The molecular weight excluding hydrogens is 579 g/mol. The maximum Gasteiger partial charge on any atom is 0.411 e. The van der Waals surface area contributed by atoms with E-state index in [1.165, 1.54) is 17.9 Å². The summed E-state index contributed by atoms with van der Waals surface area (Å²) in [5.41, 5.74) is 3.30. The van der Waals surface area contributed by atoms with Gasteiger partial charge in [-0.1, -0.05) is 52.1 Å². The van der Waals surface area contributed by atoms with Gasteiger partial charge in [0.15, 0.2) is 5.15 Å². The van der Waals surface area contributed by atoms with E-state index in [1.807, 2.05) is 0 Å². The van der Waals surface area contributed by atoms with Crippen molar-refractivity contribution in [1.29, 1.82) is 0 Å². The number of H-pyrrole nitrogens is 1. The zero-order valence-corrected chi connectivity index (χ0v) is 23.0. The van der Waals surface area contributed by atoms with Crippen LogP contribution in [0.15, 0.2) is 59.5 Å². The molecule has 0 fully saturated rings. The van der Waals surface area contributed by atoms with Crippen molar-refractivity contribution in [3.8, 4) is 28.2 Å². The molecule has 2 aromatic carbocycles. The van der Waals surface area contributed by atoms with Crippen molar-refractivity contribution in [3.63, 3.8) is 0 Å². The molecule has 1 amide bonds. The van der Waals surface area contributed by atoms with Crippen molar-refractivity contribution in [3.05, 3.63) is 92.1 Å². The highest BCUT2D eigenvalue weighted by Gasteiger charge is 2.30. The van der Waals surface area contributed by atoms with Gasteiger partial charge < -0.3 is 9.72 Å². The number of carbonyl (C=O) groups excluding carboxylic acids is 1. The van der Waals surface area contributed by atoms with E-state index in [9.17, 15) is 9.59 Å². The molecule has 40 heavy (non-hydrogen) atoms. The molecule has 0 unspecified atom stereocenters. The Labute approximate surface area is 241 Å². The number of imidazole rings is 1. The SMILES string of the molecule is COC(=O)Nc1ccc(-c2nc([C@@H]3CCc4nc(-c5cc(Cl)ccc5-n5cc(Cl)nn5)cc(=O)n43)[nH]c2Cl)cc1. The van der Waals surface area contributed by atoms with E-state index in [-0.39, 0.29) is 16.8 Å². The molecule has 0 saturated carbocycles. The Morgan fingerprint density at radius 2 is 1.90 bits per heavy atom. The van der Waals surface area contributed by atoms with E-state index in [0.29, 0.717) is 63.0 Å². The van der Waals surface area contributed by atoms with Crippen LogP contribution in [0, 0.1) is 0 Å². The number of aryl methyl sites for hydroxylation is 1. The molecule has 4 heterocycles. The van der Waals surface area contributed by atoms with Crippen LogP contribution in [-0.2, 0) is 11.2 Å². The highest BCUT2D eigenvalue weighted by Crippen LogP contribution is 2.35. The van der Waals surface area contributed by atoms with E-state index in [1.54, 1.807) is 53.2 Å². The fourth-order valence-corrected chi connectivity index (χ4v) is 5.26. The molecule has 11 nitrogen and oxygen atoms in total. The van der Waals surface area contributed by atoms with Crippen molar-refractivity contribution < 1.29 is 9.53 Å². The van der Waals surface area contributed by atoms with Crippen LogP contribution in [0.4, 0.5) is 10.5 Å². The van der Waals surface area contributed by atoms with Gasteiger partial charge in [-0.2, -0.15) is 0 Å². The Morgan fingerprint density at radius 1 is 1.10 bits per heavy atom. The van der Waals surface area contributed by atoms with Gasteiger partial charge in [0.05, 0.1) is 30.7 Å². The topological polar surface area (TPSA) is 133 Å². The maximum atomic E-state index is 13.5. The maximum absolute atomic E-state index is 13.5. The average Bonchev–Trinajstić information content (AvgIpc) is 3.67. The third-order valence-electron chi connectivity index (χ3n) is 6.51. The van der Waals surface area contributed by atoms with Gasteiger partial charge in [-0.3, -0.25) is 14.7 Å². The number of benzene rings is 2. The molecule has 0 bridgehead atoms. The van der Waals surface area contributed by atoms with Gasteiger partial charge in [0.1, 0.15) is 22.5 Å². The Balaban J connectivity index is 1.33. The second-order valence-corrected chi connectivity index (χ2v) is 10.1. The monoisotopic (exact) mass is 596 g/mol. The molecule has 5 aromatic rings. The van der Waals surface area contributed by atoms with Gasteiger partial charge in [-0.25, -0.2) is 19.4 Å². The average molecular weight is 598 g/mol. The number of halogens is 3. The highest BCUT2D eigenvalue weighted by atomic mass is 35.5. The fourth-order valence-electron chi connectivity index (χ4n) is 4.71. The number of rotatable bonds is 5. The number of carbonyl (C=O) groups is 1. The van der Waals surface area contributed by atoms with Crippen molar-refractivity contribution in [1.82, 2.24) is 34.5 Å². The fraction of sp³-hybridized carbons (Fsp3) is 0.154. The second kappa shape index (κ2) is 10.4. The summed E-state index contributed by atoms with van der Waals surface area (Å²) >= 11 is 18.8. The third-order valence-corrected chi connectivity index (χ3v) is 7.19. The molecule has 0 radical (unpaired) electrons. The first-order valence-corrected chi connectivity index (χ1v) is 13.2. The first-order chi connectivity index (χ1) is 19.3. The molecule has 202 valence electrons. The lowest BCUT2D eigenvalue weighted by atomic mass is 10.1. The summed E-state index contributed by atoms with van der Waals surface area (Å²) in [6, 6.07) is 13.3. The molecule has 0 spiro atoms. The van der Waals surface area contributed by atoms with Crippen molar-refractivity contribution in [2.45, 2.75) is 18.9 Å². The molecule has 14 heteroatoms. The number of hydrogen-bond acceptors (Lipinski definition) is 7. The van der Waals surface area contributed by atoms with Crippen molar-refractivity contribution in [2.75, 3.05) is 12.4 Å². The number of nitrogens with zero attached hydrogens (tertiary/aromatic N) is 6. The first-order valence-electron chi connectivity index (χ1n) is 12.0. The quantitative estimate of drug-likeness (QED) is 0.271. The lowest BCUT2D eigenvalue weighted by molar-refractivity contribution is 0.187. The summed E-state index contributed by atoms with van der Waals surface area (Å²) in [5, 5.41) is 11.5. The summed E-state index contributed by atoms with van der Waals surface area (Å²) in [6.45, 7) is 0. The number of fused-ring (bicyclic) bond motifs is 1. The van der Waals surface area contributed by atoms with E-state index in [4.69, 9.17) is 44.8 Å². The number of aromatic nitrogens is 7. The van der Waals surface area contributed by atoms with Gasteiger partial charge in [0.2, 0.25) is 0 Å². The zero-order valence-electron chi connectivity index (χ0n) is 20.7. The summed E-state index contributed by atoms with van der Waals surface area (Å²) in [5.74, 6) is 1.16. The van der Waals surface area contributed by atoms with Gasteiger partial charge in [-0.15, -0.1) is 5.10 Å². The number of methoxy groups -OCH3 is 1. The van der Waals surface area contributed by atoms with Gasteiger partial charge in [0, 0.05) is 34.3 Å². The van der Waals surface area contributed by atoms with Gasteiger partial charge in [-0.05, 0) is 36.8 Å². The standard InChI is InChI=1S/C26H19Cl3N8O3/c1-40-26(39)30-15-5-2-13(3-6-15)23-24(29)33-25(32-23)19-8-9-21-31-17(11-22(38)37(19)21)16-10-14(27)4-7-18(16)36-12-20(28)34-35-36/h2-7,10-12,19H,8-9H2,1H3,(H,30,39)(H,32,33)/t19-/m0/s1. The van der Waals surface area contributed by atoms with Crippen LogP contribution in [0.1, 0.15) is 24.1 Å².